The van der Waals surface area contributed by atoms with Crippen molar-refractivity contribution >= 4 is 23.1 Å². The van der Waals surface area contributed by atoms with E-state index in [-0.39, 0.29) is 35.2 Å². The smallest absolute Gasteiger partial charge is 0.229 e. The summed E-state index contributed by atoms with van der Waals surface area (Å²) in [6.07, 6.45) is 2.68. The molecule has 3 atom stereocenters. The van der Waals surface area contributed by atoms with E-state index in [1.807, 2.05) is 19.0 Å². The van der Waals surface area contributed by atoms with Gasteiger partial charge in [0.05, 0.1) is 5.69 Å². The highest BCUT2D eigenvalue weighted by Crippen LogP contribution is 2.36. The molecule has 1 aliphatic carbocycles. The molecule has 1 saturated carbocycles. The average Bonchev–Trinajstić information content (AvgIpc) is 3.48. The topological polar surface area (TPSA) is 43.9 Å². The van der Waals surface area contributed by atoms with Crippen LogP contribution >= 0.6 is 0 Å². The van der Waals surface area contributed by atoms with Crippen molar-refractivity contribution in [2.24, 2.45) is 11.8 Å². The number of carbonyl (C=O) groups is 2. The van der Waals surface area contributed by atoms with Crippen LogP contribution in [0.3, 0.4) is 0 Å². The number of hydrogen-bond acceptors (Lipinski definition) is 4. The minimum absolute atomic E-state index is 0.0509. The number of hydrogen-bond donors (Lipinski definition) is 0. The maximum atomic E-state index is 15.0. The minimum Gasteiger partial charge on any atom is -0.368 e. The fourth-order valence-corrected chi connectivity index (χ4v) is 5.04. The summed E-state index contributed by atoms with van der Waals surface area (Å²) in [6.45, 7) is 1.59. The maximum absolute atomic E-state index is 15.0. The van der Waals surface area contributed by atoms with Gasteiger partial charge in [0.2, 0.25) is 5.91 Å². The zero-order chi connectivity index (χ0) is 23.7. The van der Waals surface area contributed by atoms with E-state index in [0.29, 0.717) is 42.2 Å². The Labute approximate surface area is 194 Å². The monoisotopic (exact) mass is 455 g/mol. The van der Waals surface area contributed by atoms with E-state index in [2.05, 4.69) is 4.90 Å². The predicted octanol–water partition coefficient (Wildman–Crippen LogP) is 4.37. The fourth-order valence-electron chi connectivity index (χ4n) is 5.04. The van der Waals surface area contributed by atoms with Crippen LogP contribution in [0.5, 0.6) is 0 Å². The molecule has 5 nitrogen and oxygen atoms in total. The second-order valence-electron chi connectivity index (χ2n) is 9.46. The Morgan fingerprint density at radius 3 is 2.27 bits per heavy atom. The average molecular weight is 456 g/mol. The van der Waals surface area contributed by atoms with Gasteiger partial charge < -0.3 is 14.7 Å². The number of carbonyl (C=O) groups excluding carboxylic acids is 2. The molecule has 7 heteroatoms. The van der Waals surface area contributed by atoms with Gasteiger partial charge in [0.1, 0.15) is 11.6 Å². The molecule has 2 aromatic rings. The van der Waals surface area contributed by atoms with Crippen LogP contribution in [-0.2, 0) is 4.79 Å². The molecule has 0 bridgehead atoms. The van der Waals surface area contributed by atoms with E-state index < -0.39 is 0 Å². The number of rotatable bonds is 6. The van der Waals surface area contributed by atoms with Crippen molar-refractivity contribution in [3.05, 3.63) is 59.7 Å². The molecule has 1 heterocycles. The first-order chi connectivity index (χ1) is 15.7. The lowest BCUT2D eigenvalue weighted by Crippen LogP contribution is -2.33. The van der Waals surface area contributed by atoms with Gasteiger partial charge in [0.15, 0.2) is 5.78 Å². The van der Waals surface area contributed by atoms with E-state index >= 15 is 0 Å². The summed E-state index contributed by atoms with van der Waals surface area (Å²) in [4.78, 5) is 31.5. The molecule has 1 aliphatic heterocycles. The molecule has 0 radical (unpaired) electrons. The zero-order valence-electron chi connectivity index (χ0n) is 19.4. The maximum Gasteiger partial charge on any atom is 0.229 e. The number of anilines is 2. The van der Waals surface area contributed by atoms with Crippen molar-refractivity contribution in [3.8, 4) is 0 Å². The molecule has 1 amide bonds. The molecule has 2 aromatic carbocycles. The van der Waals surface area contributed by atoms with Crippen molar-refractivity contribution in [1.29, 1.82) is 0 Å². The summed E-state index contributed by atoms with van der Waals surface area (Å²) in [7, 11) is 5.73. The standard InChI is InChI=1S/C26H31F2N3O2/c1-29(2)22-12-13-31(16-22)24-11-10-21(15-23(24)28)30(3)26(33)19-5-4-18(14-19)25(32)17-6-8-20(27)9-7-17/h6-11,15,18-19,22H,4-5,12-14,16H2,1-3H3. The third-order valence-corrected chi connectivity index (χ3v) is 7.16. The number of amides is 1. The van der Waals surface area contributed by atoms with E-state index in [1.54, 1.807) is 19.2 Å². The summed E-state index contributed by atoms with van der Waals surface area (Å²) < 4.78 is 28.1. The lowest BCUT2D eigenvalue weighted by atomic mass is 9.95. The Morgan fingerprint density at radius 1 is 0.939 bits per heavy atom. The number of halogens is 2. The highest BCUT2D eigenvalue weighted by molar-refractivity contribution is 6.00. The quantitative estimate of drug-likeness (QED) is 0.607. The molecule has 2 aliphatic rings. The number of nitrogens with zero attached hydrogens (tertiary/aromatic N) is 3. The molecule has 2 fully saturated rings. The van der Waals surface area contributed by atoms with Crippen molar-refractivity contribution in [2.75, 3.05) is 44.0 Å². The predicted molar refractivity (Wildman–Crippen MR) is 126 cm³/mol. The van der Waals surface area contributed by atoms with Gasteiger partial charge >= 0.3 is 0 Å². The summed E-state index contributed by atoms with van der Waals surface area (Å²) in [5, 5.41) is 0. The lowest BCUT2D eigenvalue weighted by Gasteiger charge is -2.25. The second-order valence-corrected chi connectivity index (χ2v) is 9.46. The van der Waals surface area contributed by atoms with Crippen molar-refractivity contribution in [2.45, 2.75) is 31.7 Å². The van der Waals surface area contributed by atoms with Gasteiger partial charge in [-0.15, -0.1) is 0 Å². The van der Waals surface area contributed by atoms with Crippen LogP contribution in [0.15, 0.2) is 42.5 Å². The molecule has 0 aromatic heterocycles. The highest BCUT2D eigenvalue weighted by atomic mass is 19.1. The molecule has 176 valence electrons. The van der Waals surface area contributed by atoms with E-state index in [1.165, 1.54) is 35.2 Å². The Morgan fingerprint density at radius 2 is 1.64 bits per heavy atom. The van der Waals surface area contributed by atoms with Gasteiger partial charge in [0.25, 0.3) is 0 Å². The largest absolute Gasteiger partial charge is 0.368 e. The molecule has 1 saturated heterocycles. The highest BCUT2D eigenvalue weighted by Gasteiger charge is 2.36. The Hall–Kier alpha value is -2.80. The third-order valence-electron chi connectivity index (χ3n) is 7.16. The summed E-state index contributed by atoms with van der Waals surface area (Å²) in [5.41, 5.74) is 1.55. The van der Waals surface area contributed by atoms with E-state index in [9.17, 15) is 18.4 Å². The third kappa shape index (κ3) is 4.93. The lowest BCUT2D eigenvalue weighted by molar-refractivity contribution is -0.121. The van der Waals surface area contributed by atoms with Gasteiger partial charge in [0, 0.05) is 49.3 Å². The van der Waals surface area contributed by atoms with Gasteiger partial charge in [-0.3, -0.25) is 9.59 Å². The van der Waals surface area contributed by atoms with Gasteiger partial charge in [-0.1, -0.05) is 0 Å². The Kier molecular flexibility index (Phi) is 6.79. The van der Waals surface area contributed by atoms with Crippen molar-refractivity contribution < 1.29 is 18.4 Å². The normalized spacial score (nSPS) is 22.7. The fraction of sp³-hybridized carbons (Fsp3) is 0.462. The van der Waals surface area contributed by atoms with Gasteiger partial charge in [-0.25, -0.2) is 8.78 Å². The molecule has 4 rings (SSSR count). The number of benzene rings is 2. The Balaban J connectivity index is 1.39. The molecular weight excluding hydrogens is 424 g/mol. The minimum atomic E-state index is -0.381. The second kappa shape index (κ2) is 9.59. The van der Waals surface area contributed by atoms with Gasteiger partial charge in [-0.05, 0) is 82.2 Å². The van der Waals surface area contributed by atoms with Crippen LogP contribution < -0.4 is 9.80 Å². The van der Waals surface area contributed by atoms with Crippen LogP contribution in [0.2, 0.25) is 0 Å². The van der Waals surface area contributed by atoms with Crippen LogP contribution in [0.1, 0.15) is 36.0 Å². The molecule has 3 unspecified atom stereocenters. The van der Waals surface area contributed by atoms with Crippen LogP contribution in [0, 0.1) is 23.5 Å². The first-order valence-electron chi connectivity index (χ1n) is 11.5. The molecular formula is C26H31F2N3O2. The first-order valence-corrected chi connectivity index (χ1v) is 11.5. The summed E-state index contributed by atoms with van der Waals surface area (Å²) in [6, 6.07) is 10.9. The molecule has 33 heavy (non-hydrogen) atoms. The SMILES string of the molecule is CN(C(=O)C1CCC(C(=O)c2ccc(F)cc2)C1)c1ccc(N2CCC(N(C)C)C2)c(F)c1. The van der Waals surface area contributed by atoms with Crippen LogP contribution in [0.25, 0.3) is 0 Å². The Bertz CT molecular complexity index is 1020. The van der Waals surface area contributed by atoms with Crippen LogP contribution in [0.4, 0.5) is 20.2 Å². The van der Waals surface area contributed by atoms with Crippen LogP contribution in [-0.4, -0.2) is 56.9 Å². The van der Waals surface area contributed by atoms with E-state index in [4.69, 9.17) is 0 Å². The summed E-state index contributed by atoms with van der Waals surface area (Å²) in [5.74, 6) is -1.41. The van der Waals surface area contributed by atoms with Crippen molar-refractivity contribution in [1.82, 2.24) is 4.90 Å². The van der Waals surface area contributed by atoms with E-state index in [0.717, 1.165) is 19.5 Å². The van der Waals surface area contributed by atoms with Gasteiger partial charge in [-0.2, -0.15) is 0 Å². The van der Waals surface area contributed by atoms with Crippen molar-refractivity contribution in [3.63, 3.8) is 0 Å². The first kappa shape index (κ1) is 23.4. The molecule has 0 spiro atoms. The number of ketones is 1. The number of likely N-dealkylation sites (N-methyl/N-ethyl adjacent to an activating group) is 1. The summed E-state index contributed by atoms with van der Waals surface area (Å²) >= 11 is 0. The molecule has 0 N–H and O–H groups in total. The zero-order valence-corrected chi connectivity index (χ0v) is 19.4. The number of Topliss-reactive ketones (excluding diaryl/α,β-unsaturated/α-hetero) is 1.